The summed E-state index contributed by atoms with van der Waals surface area (Å²) < 4.78 is 40.5. The number of aromatic amines is 1. The number of hydrogen-bond acceptors (Lipinski definition) is 4. The number of anilines is 1. The molecule has 1 amide bonds. The van der Waals surface area contributed by atoms with Crippen LogP contribution in [-0.2, 0) is 11.3 Å². The Morgan fingerprint density at radius 3 is 2.40 bits per heavy atom. The summed E-state index contributed by atoms with van der Waals surface area (Å²) in [6.45, 7) is 11.2. The highest BCUT2D eigenvalue weighted by atomic mass is 19.4. The Morgan fingerprint density at radius 1 is 1.19 bits per heavy atom. The summed E-state index contributed by atoms with van der Waals surface area (Å²) in [7, 11) is 0. The number of amides is 1. The van der Waals surface area contributed by atoms with Crippen LogP contribution >= 0.6 is 0 Å². The topological polar surface area (TPSA) is 96.2 Å². The molecule has 226 valence electrons. The molecular weight excluding hydrogens is 539 g/mol. The van der Waals surface area contributed by atoms with Crippen LogP contribution in [0.1, 0.15) is 78.4 Å². The number of allylic oxidation sites excluding steroid dienone is 5. The third-order valence-electron chi connectivity index (χ3n) is 7.43. The minimum Gasteiger partial charge on any atom is -0.382 e. The third-order valence-corrected chi connectivity index (χ3v) is 7.43. The SMILES string of the molecule is CC=C(C=c1c(N)n[nH]c1=C(C)CC)c1ccc(CN=C(/C=C(\C)CC)/C(=C\C(C)C(F)(F)F)C(=O)NC2CC2)cc1. The van der Waals surface area contributed by atoms with E-state index >= 15 is 0 Å². The number of benzene rings is 1. The molecule has 1 heterocycles. The molecule has 1 atom stereocenters. The first-order valence-electron chi connectivity index (χ1n) is 14.5. The van der Waals surface area contributed by atoms with Crippen LogP contribution in [-0.4, -0.2) is 34.0 Å². The van der Waals surface area contributed by atoms with E-state index in [-0.39, 0.29) is 23.9 Å². The normalized spacial score (nSPS) is 17.4. The fourth-order valence-electron chi connectivity index (χ4n) is 4.14. The Morgan fingerprint density at radius 2 is 1.86 bits per heavy atom. The number of carbonyl (C=O) groups excluding carboxylic acids is 1. The van der Waals surface area contributed by atoms with Crippen LogP contribution in [0.3, 0.4) is 0 Å². The zero-order valence-corrected chi connectivity index (χ0v) is 25.3. The fourth-order valence-corrected chi connectivity index (χ4v) is 4.14. The third kappa shape index (κ3) is 8.81. The fraction of sp³-hybridized carbons (Fsp3) is 0.424. The van der Waals surface area contributed by atoms with Gasteiger partial charge in [0, 0.05) is 11.3 Å². The average Bonchev–Trinajstić information content (AvgIpc) is 3.71. The molecule has 42 heavy (non-hydrogen) atoms. The van der Waals surface area contributed by atoms with E-state index in [4.69, 9.17) is 5.73 Å². The van der Waals surface area contributed by atoms with E-state index in [1.54, 1.807) is 6.08 Å². The van der Waals surface area contributed by atoms with Crippen LogP contribution < -0.4 is 21.6 Å². The number of aromatic nitrogens is 2. The molecule has 4 N–H and O–H groups in total. The Balaban J connectivity index is 1.97. The summed E-state index contributed by atoms with van der Waals surface area (Å²) >= 11 is 0. The number of alkyl halides is 3. The van der Waals surface area contributed by atoms with Crippen LogP contribution in [0.25, 0.3) is 17.2 Å². The summed E-state index contributed by atoms with van der Waals surface area (Å²) in [6.07, 6.45) is 5.44. The lowest BCUT2D eigenvalue weighted by Crippen LogP contribution is -2.31. The van der Waals surface area contributed by atoms with E-state index in [0.717, 1.165) is 70.7 Å². The highest BCUT2D eigenvalue weighted by Gasteiger charge is 2.36. The van der Waals surface area contributed by atoms with Gasteiger partial charge in [-0.1, -0.05) is 62.8 Å². The summed E-state index contributed by atoms with van der Waals surface area (Å²) in [5.74, 6) is -1.89. The highest BCUT2D eigenvalue weighted by Crippen LogP contribution is 2.29. The molecule has 0 aliphatic heterocycles. The standard InChI is InChI=1S/C33H42F3N5O/c1-7-20(4)16-29(27(17-22(6)33(34,35)36)32(42)39-26-14-15-26)38-19-23-10-12-25(13-11-23)24(9-3)18-28-30(21(5)8-2)40-41-31(28)37/h9-13,16-18,22,26,40H,7-8,14-15,19H2,1-6H3,(H2,37,41)(H,39,42)/b20-16+,24-9?,27-17+,28-18?,30-21?,38-29?. The van der Waals surface area contributed by atoms with Gasteiger partial charge in [-0.05, 0) is 80.9 Å². The molecular formula is C33H42F3N5O. The van der Waals surface area contributed by atoms with E-state index in [0.29, 0.717) is 12.2 Å². The zero-order chi connectivity index (χ0) is 31.0. The van der Waals surface area contributed by atoms with Crippen molar-refractivity contribution in [2.24, 2.45) is 10.9 Å². The summed E-state index contributed by atoms with van der Waals surface area (Å²) in [6, 6.07) is 7.80. The van der Waals surface area contributed by atoms with E-state index in [9.17, 15) is 18.0 Å². The van der Waals surface area contributed by atoms with Gasteiger partial charge in [0.15, 0.2) is 5.82 Å². The molecule has 1 aromatic carbocycles. The van der Waals surface area contributed by atoms with Gasteiger partial charge in [-0.2, -0.15) is 18.3 Å². The Hall–Kier alpha value is -3.88. The van der Waals surface area contributed by atoms with Gasteiger partial charge in [0.25, 0.3) is 5.91 Å². The minimum atomic E-state index is -4.47. The predicted octanol–water partition coefficient (Wildman–Crippen LogP) is 6.16. The lowest BCUT2D eigenvalue weighted by Gasteiger charge is -2.16. The second kappa shape index (κ2) is 14.3. The van der Waals surface area contributed by atoms with Gasteiger partial charge in [0.05, 0.1) is 29.1 Å². The van der Waals surface area contributed by atoms with E-state index in [2.05, 4.69) is 27.4 Å². The second-order valence-electron chi connectivity index (χ2n) is 10.8. The smallest absolute Gasteiger partial charge is 0.382 e. The van der Waals surface area contributed by atoms with Crippen molar-refractivity contribution in [3.63, 3.8) is 0 Å². The van der Waals surface area contributed by atoms with Gasteiger partial charge < -0.3 is 11.1 Å². The maximum atomic E-state index is 13.5. The molecule has 1 aliphatic carbocycles. The van der Waals surface area contributed by atoms with Gasteiger partial charge in [-0.15, -0.1) is 0 Å². The number of H-pyrrole nitrogens is 1. The van der Waals surface area contributed by atoms with Gasteiger partial charge in [-0.25, -0.2) is 0 Å². The van der Waals surface area contributed by atoms with Crippen LogP contribution in [0.15, 0.2) is 58.6 Å². The molecule has 1 aliphatic rings. The zero-order valence-electron chi connectivity index (χ0n) is 25.3. The lowest BCUT2D eigenvalue weighted by atomic mass is 9.99. The van der Waals surface area contributed by atoms with Crippen molar-refractivity contribution in [2.75, 3.05) is 5.73 Å². The molecule has 0 saturated heterocycles. The highest BCUT2D eigenvalue weighted by molar-refractivity contribution is 6.26. The number of hydrogen-bond donors (Lipinski definition) is 3. The summed E-state index contributed by atoms with van der Waals surface area (Å²) in [5.41, 5.74) is 11.2. The number of carbonyl (C=O) groups is 1. The number of nitrogen functional groups attached to an aromatic ring is 1. The van der Waals surface area contributed by atoms with Crippen molar-refractivity contribution >= 4 is 34.7 Å². The van der Waals surface area contributed by atoms with E-state index in [1.165, 1.54) is 0 Å². The van der Waals surface area contributed by atoms with Gasteiger partial charge in [-0.3, -0.25) is 14.9 Å². The first-order valence-corrected chi connectivity index (χ1v) is 14.5. The number of aliphatic imine (C=N–C) groups is 1. The number of nitrogens with zero attached hydrogens (tertiary/aromatic N) is 2. The maximum Gasteiger partial charge on any atom is 0.394 e. The second-order valence-corrected chi connectivity index (χ2v) is 10.8. The van der Waals surface area contributed by atoms with Crippen LogP contribution in [0.5, 0.6) is 0 Å². The Kier molecular flexibility index (Phi) is 11.1. The van der Waals surface area contributed by atoms with Crippen molar-refractivity contribution < 1.29 is 18.0 Å². The van der Waals surface area contributed by atoms with Crippen LogP contribution in [0.2, 0.25) is 0 Å². The van der Waals surface area contributed by atoms with Crippen molar-refractivity contribution in [3.05, 3.63) is 75.3 Å². The minimum absolute atomic E-state index is 0.00187. The largest absolute Gasteiger partial charge is 0.394 e. The molecule has 1 unspecified atom stereocenters. The molecule has 1 fully saturated rings. The summed E-state index contributed by atoms with van der Waals surface area (Å²) in [4.78, 5) is 17.8. The van der Waals surface area contributed by atoms with Gasteiger partial charge >= 0.3 is 6.18 Å². The van der Waals surface area contributed by atoms with Gasteiger partial charge in [0.2, 0.25) is 0 Å². The van der Waals surface area contributed by atoms with E-state index < -0.39 is 18.0 Å². The molecule has 2 aromatic rings. The number of nitrogens with one attached hydrogen (secondary N) is 2. The molecule has 1 aromatic heterocycles. The molecule has 1 saturated carbocycles. The predicted molar refractivity (Wildman–Crippen MR) is 166 cm³/mol. The Labute approximate surface area is 246 Å². The van der Waals surface area contributed by atoms with Crippen molar-refractivity contribution in [1.82, 2.24) is 15.5 Å². The molecule has 0 radical (unpaired) electrons. The number of halogens is 3. The molecule has 3 rings (SSSR count). The quantitative estimate of drug-likeness (QED) is 0.219. The van der Waals surface area contributed by atoms with Crippen LogP contribution in [0.4, 0.5) is 19.0 Å². The summed E-state index contributed by atoms with van der Waals surface area (Å²) in [5, 5.41) is 11.8. The van der Waals surface area contributed by atoms with E-state index in [1.807, 2.05) is 64.1 Å². The van der Waals surface area contributed by atoms with Crippen LogP contribution in [0, 0.1) is 5.92 Å². The maximum absolute atomic E-state index is 13.5. The average molecular weight is 582 g/mol. The van der Waals surface area contributed by atoms with Crippen molar-refractivity contribution in [2.45, 2.75) is 86.0 Å². The molecule has 6 nitrogen and oxygen atoms in total. The molecule has 0 bridgehead atoms. The number of rotatable bonds is 11. The van der Waals surface area contributed by atoms with Crippen molar-refractivity contribution in [3.8, 4) is 0 Å². The first-order chi connectivity index (χ1) is 19.9. The van der Waals surface area contributed by atoms with Gasteiger partial charge in [0.1, 0.15) is 0 Å². The number of nitrogens with two attached hydrogens (primary N) is 1. The molecule has 0 spiro atoms. The Bertz CT molecular complexity index is 1500. The monoisotopic (exact) mass is 581 g/mol. The lowest BCUT2D eigenvalue weighted by molar-refractivity contribution is -0.156. The first kappa shape index (κ1) is 32.6. The van der Waals surface area contributed by atoms with Crippen molar-refractivity contribution in [1.29, 1.82) is 0 Å². The molecule has 9 heteroatoms.